The number of fused-ring (bicyclic) bond motifs is 1. The third kappa shape index (κ3) is 4.29. The van der Waals surface area contributed by atoms with Gasteiger partial charge in [0.15, 0.2) is 0 Å². The predicted octanol–water partition coefficient (Wildman–Crippen LogP) is 3.92. The first-order chi connectivity index (χ1) is 14.2. The van der Waals surface area contributed by atoms with Gasteiger partial charge in [-0.2, -0.15) is 0 Å². The summed E-state index contributed by atoms with van der Waals surface area (Å²) in [4.78, 5) is 29.0. The molecule has 0 N–H and O–H groups in total. The van der Waals surface area contributed by atoms with E-state index >= 15 is 0 Å². The Balaban J connectivity index is 1.40. The highest BCUT2D eigenvalue weighted by atomic mass is 16.5. The van der Waals surface area contributed by atoms with Gasteiger partial charge in [-0.15, -0.1) is 0 Å². The Morgan fingerprint density at radius 1 is 1.10 bits per heavy atom. The largest absolute Gasteiger partial charge is 0.493 e. The van der Waals surface area contributed by atoms with E-state index in [0.717, 1.165) is 54.9 Å². The van der Waals surface area contributed by atoms with Crippen molar-refractivity contribution in [3.63, 3.8) is 0 Å². The average molecular weight is 392 g/mol. The van der Waals surface area contributed by atoms with Gasteiger partial charge in [-0.1, -0.05) is 25.1 Å². The number of piperidine rings is 1. The lowest BCUT2D eigenvalue weighted by atomic mass is 9.97. The quantitative estimate of drug-likeness (QED) is 0.775. The van der Waals surface area contributed by atoms with Crippen LogP contribution in [0.25, 0.3) is 0 Å². The number of benzene rings is 2. The summed E-state index contributed by atoms with van der Waals surface area (Å²) in [6.07, 6.45) is 3.39. The molecular formula is C24H28N2O3. The van der Waals surface area contributed by atoms with Crippen molar-refractivity contribution < 1.29 is 14.3 Å². The molecule has 1 unspecified atom stereocenters. The molecule has 0 bridgehead atoms. The number of hydrogen-bond acceptors (Lipinski definition) is 3. The Morgan fingerprint density at radius 3 is 2.72 bits per heavy atom. The summed E-state index contributed by atoms with van der Waals surface area (Å²) >= 11 is 0. The van der Waals surface area contributed by atoms with Crippen LogP contribution in [-0.2, 0) is 11.2 Å². The van der Waals surface area contributed by atoms with E-state index in [1.54, 1.807) is 0 Å². The van der Waals surface area contributed by atoms with Crippen LogP contribution in [-0.4, -0.2) is 43.0 Å². The van der Waals surface area contributed by atoms with Crippen LogP contribution in [0.15, 0.2) is 48.5 Å². The molecule has 2 heterocycles. The maximum Gasteiger partial charge on any atom is 0.253 e. The molecule has 1 saturated heterocycles. The fourth-order valence-electron chi connectivity index (χ4n) is 4.28. The molecule has 2 aliphatic heterocycles. The first-order valence-corrected chi connectivity index (χ1v) is 10.6. The Morgan fingerprint density at radius 2 is 1.93 bits per heavy atom. The van der Waals surface area contributed by atoms with Gasteiger partial charge < -0.3 is 14.5 Å². The van der Waals surface area contributed by atoms with Gasteiger partial charge in [0.2, 0.25) is 5.91 Å². The molecule has 5 heteroatoms. The van der Waals surface area contributed by atoms with Crippen LogP contribution >= 0.6 is 0 Å². The summed E-state index contributed by atoms with van der Waals surface area (Å²) < 4.78 is 5.91. The first kappa shape index (κ1) is 19.5. The molecule has 29 heavy (non-hydrogen) atoms. The second kappa shape index (κ2) is 8.68. The van der Waals surface area contributed by atoms with Crippen molar-refractivity contribution in [3.05, 3.63) is 59.7 Å². The molecule has 0 radical (unpaired) electrons. The van der Waals surface area contributed by atoms with Gasteiger partial charge in [-0.3, -0.25) is 9.59 Å². The van der Waals surface area contributed by atoms with Crippen molar-refractivity contribution in [3.8, 4) is 5.75 Å². The average Bonchev–Trinajstić information content (AvgIpc) is 3.21. The molecule has 0 aromatic heterocycles. The minimum absolute atomic E-state index is 0.0810. The van der Waals surface area contributed by atoms with Gasteiger partial charge in [0.25, 0.3) is 5.91 Å². The number of hydrogen-bond donors (Lipinski definition) is 0. The molecule has 0 saturated carbocycles. The third-order valence-corrected chi connectivity index (χ3v) is 5.86. The van der Waals surface area contributed by atoms with Crippen LogP contribution in [0, 0.1) is 5.92 Å². The topological polar surface area (TPSA) is 49.9 Å². The summed E-state index contributed by atoms with van der Waals surface area (Å²) in [6.45, 7) is 4.74. The number of rotatable bonds is 5. The fourth-order valence-corrected chi connectivity index (χ4v) is 4.28. The van der Waals surface area contributed by atoms with E-state index in [2.05, 4.69) is 0 Å². The SMILES string of the molecule is CCC(=O)N1CCc2cc(C(=O)N3CCCC(COc4ccccc4)C3)ccc21. The van der Waals surface area contributed by atoms with Gasteiger partial charge >= 0.3 is 0 Å². The maximum atomic E-state index is 13.1. The first-order valence-electron chi connectivity index (χ1n) is 10.6. The number of carbonyl (C=O) groups excluding carboxylic acids is 2. The van der Waals surface area contributed by atoms with Crippen molar-refractivity contribution in [1.82, 2.24) is 4.90 Å². The monoisotopic (exact) mass is 392 g/mol. The molecule has 1 atom stereocenters. The predicted molar refractivity (Wildman–Crippen MR) is 113 cm³/mol. The van der Waals surface area contributed by atoms with E-state index in [9.17, 15) is 9.59 Å². The summed E-state index contributed by atoms with van der Waals surface area (Å²) in [5.74, 6) is 1.44. The zero-order chi connectivity index (χ0) is 20.2. The molecule has 0 aliphatic carbocycles. The third-order valence-electron chi connectivity index (χ3n) is 5.86. The van der Waals surface area contributed by atoms with Gasteiger partial charge in [-0.25, -0.2) is 0 Å². The highest BCUT2D eigenvalue weighted by Crippen LogP contribution is 2.30. The number of amides is 2. The summed E-state index contributed by atoms with van der Waals surface area (Å²) in [5, 5.41) is 0. The molecule has 1 fully saturated rings. The number of para-hydroxylation sites is 1. The van der Waals surface area contributed by atoms with Gasteiger partial charge in [-0.05, 0) is 55.2 Å². The summed E-state index contributed by atoms with van der Waals surface area (Å²) in [7, 11) is 0. The van der Waals surface area contributed by atoms with Crippen LogP contribution < -0.4 is 9.64 Å². The van der Waals surface area contributed by atoms with Crippen LogP contribution in [0.2, 0.25) is 0 Å². The van der Waals surface area contributed by atoms with Gasteiger partial charge in [0.05, 0.1) is 6.61 Å². The lowest BCUT2D eigenvalue weighted by Crippen LogP contribution is -2.41. The van der Waals surface area contributed by atoms with Crippen LogP contribution in [0.3, 0.4) is 0 Å². The van der Waals surface area contributed by atoms with Gasteiger partial charge in [0, 0.05) is 43.2 Å². The number of nitrogens with zero attached hydrogens (tertiary/aromatic N) is 2. The Labute approximate surface area is 172 Å². The molecule has 5 nitrogen and oxygen atoms in total. The summed E-state index contributed by atoms with van der Waals surface area (Å²) in [6, 6.07) is 15.6. The molecule has 2 aromatic carbocycles. The fraction of sp³-hybridized carbons (Fsp3) is 0.417. The molecule has 152 valence electrons. The van der Waals surface area contributed by atoms with Gasteiger partial charge in [0.1, 0.15) is 5.75 Å². The molecule has 2 amide bonds. The smallest absolute Gasteiger partial charge is 0.253 e. The highest BCUT2D eigenvalue weighted by molar-refractivity contribution is 5.98. The Hall–Kier alpha value is -2.82. The van der Waals surface area contributed by atoms with Crippen molar-refractivity contribution in [2.75, 3.05) is 31.1 Å². The summed E-state index contributed by atoms with van der Waals surface area (Å²) in [5.41, 5.74) is 2.78. The van der Waals surface area contributed by atoms with Crippen molar-refractivity contribution in [1.29, 1.82) is 0 Å². The number of ether oxygens (including phenoxy) is 1. The number of likely N-dealkylation sites (tertiary alicyclic amines) is 1. The second-order valence-electron chi connectivity index (χ2n) is 7.88. The minimum atomic E-state index is 0.0810. The zero-order valence-electron chi connectivity index (χ0n) is 17.0. The van der Waals surface area contributed by atoms with E-state index < -0.39 is 0 Å². The van der Waals surface area contributed by atoms with Crippen molar-refractivity contribution >= 4 is 17.5 Å². The molecule has 2 aromatic rings. The standard InChI is InChI=1S/C24H28N2O3/c1-2-23(27)26-14-12-19-15-20(10-11-22(19)26)24(28)25-13-6-7-18(16-25)17-29-21-8-4-3-5-9-21/h3-5,8-11,15,18H,2,6-7,12-14,16-17H2,1H3. The second-order valence-corrected chi connectivity index (χ2v) is 7.88. The van der Waals surface area contributed by atoms with E-state index in [-0.39, 0.29) is 11.8 Å². The lowest BCUT2D eigenvalue weighted by Gasteiger charge is -2.33. The van der Waals surface area contributed by atoms with Crippen LogP contribution in [0.4, 0.5) is 5.69 Å². The van der Waals surface area contributed by atoms with E-state index in [1.165, 1.54) is 0 Å². The van der Waals surface area contributed by atoms with Crippen molar-refractivity contribution in [2.24, 2.45) is 5.92 Å². The normalized spacial score (nSPS) is 18.4. The molecule has 4 rings (SSSR count). The van der Waals surface area contributed by atoms with E-state index in [4.69, 9.17) is 4.74 Å². The van der Waals surface area contributed by atoms with E-state index in [0.29, 0.717) is 25.5 Å². The Kier molecular flexibility index (Phi) is 5.84. The molecule has 2 aliphatic rings. The number of carbonyl (C=O) groups is 2. The molecular weight excluding hydrogens is 364 g/mol. The number of anilines is 1. The Bertz CT molecular complexity index is 881. The van der Waals surface area contributed by atoms with Crippen LogP contribution in [0.5, 0.6) is 5.75 Å². The highest BCUT2D eigenvalue weighted by Gasteiger charge is 2.28. The minimum Gasteiger partial charge on any atom is -0.493 e. The van der Waals surface area contributed by atoms with Crippen molar-refractivity contribution in [2.45, 2.75) is 32.6 Å². The zero-order valence-corrected chi connectivity index (χ0v) is 17.0. The maximum absolute atomic E-state index is 13.1. The van der Waals surface area contributed by atoms with Crippen LogP contribution in [0.1, 0.15) is 42.1 Å². The molecule has 0 spiro atoms. The van der Waals surface area contributed by atoms with E-state index in [1.807, 2.05) is 65.3 Å². The lowest BCUT2D eigenvalue weighted by molar-refractivity contribution is -0.118.